The van der Waals surface area contributed by atoms with E-state index in [-0.39, 0.29) is 21.1 Å². The summed E-state index contributed by atoms with van der Waals surface area (Å²) in [5.74, 6) is 0. The van der Waals surface area contributed by atoms with Gasteiger partial charge in [-0.3, -0.25) is 0 Å². The summed E-state index contributed by atoms with van der Waals surface area (Å²) >= 11 is 0. The molecule has 0 saturated heterocycles. The van der Waals surface area contributed by atoms with Crippen LogP contribution in [0.2, 0.25) is 0 Å². The van der Waals surface area contributed by atoms with Gasteiger partial charge in [0.25, 0.3) is 0 Å². The maximum atomic E-state index is 12.6. The van der Waals surface area contributed by atoms with Gasteiger partial charge in [-0.2, -0.15) is 27.8 Å². The molecular weight excluding hydrogens is 321 g/mol. The number of halogens is 3. The molecule has 0 unspecified atom stereocenters. The summed E-state index contributed by atoms with van der Waals surface area (Å²) in [6.07, 6.45) is -2.56. The Hall–Kier alpha value is -2.12. The Bertz CT molecular complexity index is 808. The molecule has 0 radical (unpaired) electrons. The van der Waals surface area contributed by atoms with Gasteiger partial charge in [-0.05, 0) is 12.1 Å². The van der Waals surface area contributed by atoms with Crippen LogP contribution < -0.4 is 0 Å². The molecule has 2 aromatic rings. The van der Waals surface area contributed by atoms with Gasteiger partial charge >= 0.3 is 6.18 Å². The van der Waals surface area contributed by atoms with Gasteiger partial charge in [-0.1, -0.05) is 6.07 Å². The largest absolute Gasteiger partial charge is 0.402 e. The standard InChI is InChI=1S/C12H11F3N4O2S/c13-12(14,15)9-18(6-3-5-16)22(20,21)11-8-17-19-7-2-1-4-10(11)19/h1-2,4,7-8H,3,6,9H2. The molecule has 0 aliphatic heterocycles. The minimum Gasteiger partial charge on any atom is -0.240 e. The number of nitrogens with zero attached hydrogens (tertiary/aromatic N) is 4. The molecule has 0 aromatic carbocycles. The summed E-state index contributed by atoms with van der Waals surface area (Å²) in [5.41, 5.74) is 0.173. The van der Waals surface area contributed by atoms with E-state index < -0.39 is 29.3 Å². The number of sulfonamides is 1. The zero-order valence-corrected chi connectivity index (χ0v) is 12.0. The van der Waals surface area contributed by atoms with Gasteiger partial charge in [0, 0.05) is 19.2 Å². The fourth-order valence-electron chi connectivity index (χ4n) is 1.91. The van der Waals surface area contributed by atoms with Crippen LogP contribution in [0, 0.1) is 11.3 Å². The number of rotatable bonds is 5. The van der Waals surface area contributed by atoms with Crippen LogP contribution in [-0.2, 0) is 10.0 Å². The fraction of sp³-hybridized carbons (Fsp3) is 0.333. The van der Waals surface area contributed by atoms with Gasteiger partial charge in [0.2, 0.25) is 10.0 Å². The SMILES string of the molecule is N#CCCN(CC(F)(F)F)S(=O)(=O)c1cnn2ccccc12. The van der Waals surface area contributed by atoms with Crippen molar-refractivity contribution < 1.29 is 21.6 Å². The van der Waals surface area contributed by atoms with Gasteiger partial charge in [0.05, 0.1) is 17.8 Å². The molecular formula is C12H11F3N4O2S. The third-order valence-electron chi connectivity index (χ3n) is 2.84. The van der Waals surface area contributed by atoms with Crippen LogP contribution in [0.4, 0.5) is 13.2 Å². The van der Waals surface area contributed by atoms with Crippen molar-refractivity contribution in [1.82, 2.24) is 13.9 Å². The first-order valence-electron chi connectivity index (χ1n) is 6.12. The first-order valence-corrected chi connectivity index (χ1v) is 7.56. The van der Waals surface area contributed by atoms with Crippen LogP contribution in [0.1, 0.15) is 6.42 Å². The van der Waals surface area contributed by atoms with Gasteiger partial charge < -0.3 is 0 Å². The first kappa shape index (κ1) is 16.3. The molecule has 0 aliphatic rings. The van der Waals surface area contributed by atoms with Crippen LogP contribution in [0.25, 0.3) is 5.52 Å². The molecule has 6 nitrogen and oxygen atoms in total. The maximum Gasteiger partial charge on any atom is 0.402 e. The molecule has 0 bridgehead atoms. The topological polar surface area (TPSA) is 78.5 Å². The third kappa shape index (κ3) is 3.37. The van der Waals surface area contributed by atoms with E-state index in [0.29, 0.717) is 0 Å². The van der Waals surface area contributed by atoms with E-state index in [1.165, 1.54) is 16.8 Å². The zero-order valence-electron chi connectivity index (χ0n) is 11.2. The third-order valence-corrected chi connectivity index (χ3v) is 4.70. The number of alkyl halides is 3. The van der Waals surface area contributed by atoms with Crippen molar-refractivity contribution in [1.29, 1.82) is 5.26 Å². The highest BCUT2D eigenvalue weighted by molar-refractivity contribution is 7.89. The summed E-state index contributed by atoms with van der Waals surface area (Å²) in [4.78, 5) is -0.324. The number of hydrogen-bond donors (Lipinski definition) is 0. The lowest BCUT2D eigenvalue weighted by Crippen LogP contribution is -2.39. The van der Waals surface area contributed by atoms with E-state index in [1.807, 2.05) is 0 Å². The lowest BCUT2D eigenvalue weighted by atomic mass is 10.4. The first-order chi connectivity index (χ1) is 10.3. The number of fused-ring (bicyclic) bond motifs is 1. The molecule has 0 aliphatic carbocycles. The molecule has 0 fully saturated rings. The van der Waals surface area contributed by atoms with E-state index in [0.717, 1.165) is 6.20 Å². The molecule has 10 heteroatoms. The van der Waals surface area contributed by atoms with E-state index in [9.17, 15) is 21.6 Å². The van der Waals surface area contributed by atoms with E-state index in [2.05, 4.69) is 5.10 Å². The van der Waals surface area contributed by atoms with Crippen LogP contribution in [-0.4, -0.2) is 41.6 Å². The van der Waals surface area contributed by atoms with Crippen molar-refractivity contribution in [2.75, 3.05) is 13.1 Å². The monoisotopic (exact) mass is 332 g/mol. The average Bonchev–Trinajstić information content (AvgIpc) is 2.86. The second-order valence-electron chi connectivity index (χ2n) is 4.40. The van der Waals surface area contributed by atoms with Crippen molar-refractivity contribution in [3.8, 4) is 6.07 Å². The van der Waals surface area contributed by atoms with Crippen LogP contribution in [0.15, 0.2) is 35.5 Å². The molecule has 0 N–H and O–H groups in total. The molecule has 0 saturated carbocycles. The molecule has 2 heterocycles. The lowest BCUT2D eigenvalue weighted by molar-refractivity contribution is -0.136. The molecule has 0 spiro atoms. The van der Waals surface area contributed by atoms with Gasteiger partial charge in [0.1, 0.15) is 11.4 Å². The van der Waals surface area contributed by atoms with Gasteiger partial charge in [-0.25, -0.2) is 12.9 Å². The predicted molar refractivity (Wildman–Crippen MR) is 70.2 cm³/mol. The smallest absolute Gasteiger partial charge is 0.240 e. The normalized spacial score (nSPS) is 12.7. The second-order valence-corrected chi connectivity index (χ2v) is 6.31. The Labute approximate surface area is 124 Å². The summed E-state index contributed by atoms with van der Waals surface area (Å²) in [7, 11) is -4.41. The Morgan fingerprint density at radius 1 is 1.36 bits per heavy atom. The Morgan fingerprint density at radius 3 is 2.73 bits per heavy atom. The Morgan fingerprint density at radius 2 is 2.09 bits per heavy atom. The summed E-state index contributed by atoms with van der Waals surface area (Å²) < 4.78 is 64.2. The van der Waals surface area contributed by atoms with E-state index >= 15 is 0 Å². The van der Waals surface area contributed by atoms with E-state index in [4.69, 9.17) is 5.26 Å². The lowest BCUT2D eigenvalue weighted by Gasteiger charge is -2.21. The summed E-state index contributed by atoms with van der Waals surface area (Å²) in [6.45, 7) is -2.19. The highest BCUT2D eigenvalue weighted by atomic mass is 32.2. The molecule has 0 amide bonds. The predicted octanol–water partition coefficient (Wildman–Crippen LogP) is 1.80. The van der Waals surface area contributed by atoms with Crippen LogP contribution in [0.3, 0.4) is 0 Å². The number of nitriles is 1. The maximum absolute atomic E-state index is 12.6. The minimum absolute atomic E-state index is 0.173. The molecule has 2 aromatic heterocycles. The highest BCUT2D eigenvalue weighted by Gasteiger charge is 2.37. The molecule has 22 heavy (non-hydrogen) atoms. The van der Waals surface area contributed by atoms with Crippen molar-refractivity contribution in [2.24, 2.45) is 0 Å². The quantitative estimate of drug-likeness (QED) is 0.836. The number of aromatic nitrogens is 2. The number of hydrogen-bond acceptors (Lipinski definition) is 4. The Kier molecular flexibility index (Phi) is 4.39. The van der Waals surface area contributed by atoms with Crippen molar-refractivity contribution in [2.45, 2.75) is 17.5 Å². The average molecular weight is 332 g/mol. The van der Waals surface area contributed by atoms with Crippen LogP contribution in [0.5, 0.6) is 0 Å². The summed E-state index contributed by atoms with van der Waals surface area (Å²) in [5, 5.41) is 12.3. The van der Waals surface area contributed by atoms with E-state index in [1.54, 1.807) is 18.2 Å². The van der Waals surface area contributed by atoms with Gasteiger partial charge in [-0.15, -0.1) is 0 Å². The molecule has 0 atom stereocenters. The van der Waals surface area contributed by atoms with Crippen LogP contribution >= 0.6 is 0 Å². The van der Waals surface area contributed by atoms with Crippen molar-refractivity contribution >= 4 is 15.5 Å². The Balaban J connectivity index is 2.46. The van der Waals surface area contributed by atoms with Crippen molar-refractivity contribution in [3.05, 3.63) is 30.6 Å². The summed E-state index contributed by atoms with van der Waals surface area (Å²) in [6, 6.07) is 6.25. The van der Waals surface area contributed by atoms with Crippen molar-refractivity contribution in [3.63, 3.8) is 0 Å². The second kappa shape index (κ2) is 5.94. The molecule has 118 valence electrons. The zero-order chi connectivity index (χ0) is 16.4. The highest BCUT2D eigenvalue weighted by Crippen LogP contribution is 2.25. The minimum atomic E-state index is -4.70. The molecule has 2 rings (SSSR count). The van der Waals surface area contributed by atoms with Gasteiger partial charge in [0.15, 0.2) is 0 Å². The fourth-order valence-corrected chi connectivity index (χ4v) is 3.44. The number of pyridine rings is 1.